The van der Waals surface area contributed by atoms with Gasteiger partial charge < -0.3 is 10.6 Å². The van der Waals surface area contributed by atoms with Gasteiger partial charge in [0.1, 0.15) is 0 Å². The van der Waals surface area contributed by atoms with Crippen molar-refractivity contribution in [1.82, 2.24) is 10.6 Å². The van der Waals surface area contributed by atoms with Crippen LogP contribution in [0.15, 0.2) is 0 Å². The third-order valence-corrected chi connectivity index (χ3v) is 2.20. The molecule has 0 spiro atoms. The highest BCUT2D eigenvalue weighted by Gasteiger charge is 2.12. The minimum absolute atomic E-state index is 0.966. The Kier molecular flexibility index (Phi) is 3.76. The standard InChI is InChI=1S/C8H18N2/c1-9-5-2-3-8-4-6-10-7-8/h8-10H,2-7H2,1H3. The van der Waals surface area contributed by atoms with Crippen LogP contribution in [0.5, 0.6) is 0 Å². The Labute approximate surface area is 63.4 Å². The van der Waals surface area contributed by atoms with E-state index in [1.165, 1.54) is 38.9 Å². The van der Waals surface area contributed by atoms with E-state index < -0.39 is 0 Å². The summed E-state index contributed by atoms with van der Waals surface area (Å²) < 4.78 is 0. The van der Waals surface area contributed by atoms with Crippen molar-refractivity contribution in [2.75, 3.05) is 26.7 Å². The molecule has 1 aliphatic heterocycles. The zero-order chi connectivity index (χ0) is 7.23. The minimum Gasteiger partial charge on any atom is -0.320 e. The SMILES string of the molecule is CNCCCC1CCNC1. The summed E-state index contributed by atoms with van der Waals surface area (Å²) in [7, 11) is 2.02. The molecule has 0 bridgehead atoms. The maximum atomic E-state index is 3.38. The molecular formula is C8H18N2. The Bertz CT molecular complexity index is 77.3. The molecule has 0 aromatic carbocycles. The molecule has 1 heterocycles. The first-order chi connectivity index (χ1) is 4.93. The third-order valence-electron chi connectivity index (χ3n) is 2.20. The summed E-state index contributed by atoms with van der Waals surface area (Å²) >= 11 is 0. The fourth-order valence-electron chi connectivity index (χ4n) is 1.53. The fourth-order valence-corrected chi connectivity index (χ4v) is 1.53. The monoisotopic (exact) mass is 142 g/mol. The predicted molar refractivity (Wildman–Crippen MR) is 44.1 cm³/mol. The molecule has 0 radical (unpaired) electrons. The molecule has 60 valence electrons. The highest BCUT2D eigenvalue weighted by molar-refractivity contribution is 4.70. The second-order valence-corrected chi connectivity index (χ2v) is 3.10. The van der Waals surface area contributed by atoms with Gasteiger partial charge in [-0.25, -0.2) is 0 Å². The van der Waals surface area contributed by atoms with Crippen molar-refractivity contribution in [3.63, 3.8) is 0 Å². The summed E-state index contributed by atoms with van der Waals surface area (Å²) in [5.41, 5.74) is 0. The largest absolute Gasteiger partial charge is 0.320 e. The van der Waals surface area contributed by atoms with Crippen LogP contribution in [-0.4, -0.2) is 26.7 Å². The molecule has 1 rings (SSSR count). The van der Waals surface area contributed by atoms with Crippen molar-refractivity contribution in [3.05, 3.63) is 0 Å². The molecule has 1 fully saturated rings. The van der Waals surface area contributed by atoms with Crippen molar-refractivity contribution < 1.29 is 0 Å². The molecular weight excluding hydrogens is 124 g/mol. The van der Waals surface area contributed by atoms with E-state index in [-0.39, 0.29) is 0 Å². The van der Waals surface area contributed by atoms with Crippen LogP contribution < -0.4 is 10.6 Å². The topological polar surface area (TPSA) is 24.1 Å². The van der Waals surface area contributed by atoms with Crippen LogP contribution in [0, 0.1) is 5.92 Å². The summed E-state index contributed by atoms with van der Waals surface area (Å²) in [4.78, 5) is 0. The third kappa shape index (κ3) is 2.67. The van der Waals surface area contributed by atoms with E-state index in [9.17, 15) is 0 Å². The van der Waals surface area contributed by atoms with Gasteiger partial charge in [0.2, 0.25) is 0 Å². The van der Waals surface area contributed by atoms with Crippen LogP contribution in [-0.2, 0) is 0 Å². The van der Waals surface area contributed by atoms with E-state index >= 15 is 0 Å². The molecule has 2 nitrogen and oxygen atoms in total. The van der Waals surface area contributed by atoms with Gasteiger partial charge in [-0.15, -0.1) is 0 Å². The van der Waals surface area contributed by atoms with Gasteiger partial charge in [-0.3, -0.25) is 0 Å². The van der Waals surface area contributed by atoms with Crippen LogP contribution in [0.25, 0.3) is 0 Å². The van der Waals surface area contributed by atoms with Crippen molar-refractivity contribution in [2.24, 2.45) is 5.92 Å². The van der Waals surface area contributed by atoms with Gasteiger partial charge in [0.05, 0.1) is 0 Å². The van der Waals surface area contributed by atoms with E-state index in [0.717, 1.165) is 5.92 Å². The molecule has 0 aliphatic carbocycles. The van der Waals surface area contributed by atoms with Crippen LogP contribution in [0.3, 0.4) is 0 Å². The molecule has 1 atom stereocenters. The molecule has 2 N–H and O–H groups in total. The van der Waals surface area contributed by atoms with E-state index in [1.54, 1.807) is 0 Å². The molecule has 0 aromatic heterocycles. The lowest BCUT2D eigenvalue weighted by Crippen LogP contribution is -2.12. The lowest BCUT2D eigenvalue weighted by Gasteiger charge is -2.06. The average Bonchev–Trinajstić information content (AvgIpc) is 2.41. The number of hydrogen-bond donors (Lipinski definition) is 2. The zero-order valence-electron chi connectivity index (χ0n) is 6.82. The first-order valence-electron chi connectivity index (χ1n) is 4.29. The lowest BCUT2D eigenvalue weighted by molar-refractivity contribution is 0.502. The number of nitrogens with one attached hydrogen (secondary N) is 2. The molecule has 2 heteroatoms. The fraction of sp³-hybridized carbons (Fsp3) is 1.00. The van der Waals surface area contributed by atoms with Crippen molar-refractivity contribution >= 4 is 0 Å². The molecule has 0 aromatic rings. The molecule has 1 unspecified atom stereocenters. The summed E-state index contributed by atoms with van der Waals surface area (Å²) in [6.07, 6.45) is 4.13. The molecule has 1 aliphatic rings. The maximum Gasteiger partial charge on any atom is -0.00200 e. The van der Waals surface area contributed by atoms with Crippen molar-refractivity contribution in [3.8, 4) is 0 Å². The van der Waals surface area contributed by atoms with Crippen LogP contribution in [0.4, 0.5) is 0 Å². The molecule has 0 saturated carbocycles. The number of hydrogen-bond acceptors (Lipinski definition) is 2. The lowest BCUT2D eigenvalue weighted by atomic mass is 10.0. The van der Waals surface area contributed by atoms with Crippen LogP contribution in [0.2, 0.25) is 0 Å². The van der Waals surface area contributed by atoms with Gasteiger partial charge >= 0.3 is 0 Å². The highest BCUT2D eigenvalue weighted by atomic mass is 14.9. The van der Waals surface area contributed by atoms with Crippen molar-refractivity contribution in [1.29, 1.82) is 0 Å². The Morgan fingerprint density at radius 1 is 1.60 bits per heavy atom. The Balaban J connectivity index is 1.91. The summed E-state index contributed by atoms with van der Waals surface area (Å²) in [6, 6.07) is 0. The number of rotatable bonds is 4. The van der Waals surface area contributed by atoms with E-state index in [4.69, 9.17) is 0 Å². The van der Waals surface area contributed by atoms with Gasteiger partial charge in [-0.1, -0.05) is 0 Å². The zero-order valence-corrected chi connectivity index (χ0v) is 6.82. The van der Waals surface area contributed by atoms with Crippen LogP contribution >= 0.6 is 0 Å². The van der Waals surface area contributed by atoms with Gasteiger partial charge in [0.25, 0.3) is 0 Å². The molecule has 0 amide bonds. The first kappa shape index (κ1) is 8.02. The summed E-state index contributed by atoms with van der Waals surface area (Å²) in [5.74, 6) is 0.966. The Morgan fingerprint density at radius 2 is 2.50 bits per heavy atom. The Morgan fingerprint density at radius 3 is 3.10 bits per heavy atom. The average molecular weight is 142 g/mol. The second-order valence-electron chi connectivity index (χ2n) is 3.10. The molecule has 10 heavy (non-hydrogen) atoms. The van der Waals surface area contributed by atoms with E-state index in [1.807, 2.05) is 7.05 Å². The minimum atomic E-state index is 0.966. The van der Waals surface area contributed by atoms with Gasteiger partial charge in [-0.05, 0) is 51.9 Å². The van der Waals surface area contributed by atoms with Crippen molar-refractivity contribution in [2.45, 2.75) is 19.3 Å². The quantitative estimate of drug-likeness (QED) is 0.562. The van der Waals surface area contributed by atoms with E-state index in [2.05, 4.69) is 10.6 Å². The highest BCUT2D eigenvalue weighted by Crippen LogP contribution is 2.13. The van der Waals surface area contributed by atoms with Gasteiger partial charge in [0.15, 0.2) is 0 Å². The van der Waals surface area contributed by atoms with Gasteiger partial charge in [0, 0.05) is 0 Å². The smallest absolute Gasteiger partial charge is 0.00200 e. The summed E-state index contributed by atoms with van der Waals surface area (Å²) in [6.45, 7) is 3.67. The summed E-state index contributed by atoms with van der Waals surface area (Å²) in [5, 5.41) is 6.55. The Hall–Kier alpha value is -0.0800. The predicted octanol–water partition coefficient (Wildman–Crippen LogP) is 0.595. The van der Waals surface area contributed by atoms with Crippen LogP contribution in [0.1, 0.15) is 19.3 Å². The van der Waals surface area contributed by atoms with E-state index in [0.29, 0.717) is 0 Å². The molecule has 1 saturated heterocycles. The first-order valence-corrected chi connectivity index (χ1v) is 4.29. The maximum absolute atomic E-state index is 3.38. The normalized spacial score (nSPS) is 25.5. The van der Waals surface area contributed by atoms with Gasteiger partial charge in [-0.2, -0.15) is 0 Å². The second kappa shape index (κ2) is 4.69.